The van der Waals surface area contributed by atoms with Gasteiger partial charge in [0.05, 0.1) is 0 Å². The number of benzene rings is 2. The van der Waals surface area contributed by atoms with Gasteiger partial charge >= 0.3 is 0 Å². The minimum Gasteiger partial charge on any atom is -0.374 e. The van der Waals surface area contributed by atoms with Crippen LogP contribution in [0.15, 0.2) is 60.7 Å². The highest BCUT2D eigenvalue weighted by Gasteiger charge is 2.11. The lowest BCUT2D eigenvalue weighted by atomic mass is 10.2. The first-order valence-corrected chi connectivity index (χ1v) is 6.39. The number of carbonyl (C=O) groups is 1. The van der Waals surface area contributed by atoms with Crippen molar-refractivity contribution in [1.29, 1.82) is 0 Å². The molecule has 2 rings (SSSR count). The van der Waals surface area contributed by atoms with Gasteiger partial charge < -0.3 is 10.6 Å². The molecule has 0 unspecified atom stereocenters. The fraction of sp³-hybridized carbons (Fsp3) is 0.188. The summed E-state index contributed by atoms with van der Waals surface area (Å²) in [5, 5.41) is 6.08. The van der Waals surface area contributed by atoms with Crippen LogP contribution >= 0.6 is 0 Å². The van der Waals surface area contributed by atoms with Gasteiger partial charge in [0.15, 0.2) is 0 Å². The van der Waals surface area contributed by atoms with E-state index in [1.165, 1.54) is 0 Å². The third-order valence-corrected chi connectivity index (χ3v) is 2.86. The van der Waals surface area contributed by atoms with Crippen LogP contribution in [-0.4, -0.2) is 11.9 Å². The van der Waals surface area contributed by atoms with Gasteiger partial charge in [-0.3, -0.25) is 4.79 Å². The van der Waals surface area contributed by atoms with E-state index in [-0.39, 0.29) is 11.9 Å². The van der Waals surface area contributed by atoms with E-state index in [1.807, 2.05) is 67.6 Å². The third-order valence-electron chi connectivity index (χ3n) is 2.86. The summed E-state index contributed by atoms with van der Waals surface area (Å²) in [6.45, 7) is 2.41. The van der Waals surface area contributed by atoms with E-state index in [0.717, 1.165) is 11.3 Å². The van der Waals surface area contributed by atoms with Crippen molar-refractivity contribution in [3.05, 3.63) is 66.2 Å². The summed E-state index contributed by atoms with van der Waals surface area (Å²) in [6, 6.07) is 19.4. The average molecular weight is 254 g/mol. The molecule has 2 aromatic carbocycles. The number of para-hydroxylation sites is 1. The Morgan fingerprint density at radius 1 is 1.00 bits per heavy atom. The smallest absolute Gasteiger partial charge is 0.242 e. The second kappa shape index (κ2) is 6.59. The number of amides is 1. The summed E-state index contributed by atoms with van der Waals surface area (Å²) < 4.78 is 0. The number of carbonyl (C=O) groups excluding carboxylic acids is 1. The molecule has 0 aromatic heterocycles. The summed E-state index contributed by atoms with van der Waals surface area (Å²) in [5.74, 6) is -0.00675. The van der Waals surface area contributed by atoms with E-state index in [0.29, 0.717) is 6.54 Å². The van der Waals surface area contributed by atoms with E-state index >= 15 is 0 Å². The maximum Gasteiger partial charge on any atom is 0.242 e. The molecule has 0 fully saturated rings. The molecule has 19 heavy (non-hydrogen) atoms. The van der Waals surface area contributed by atoms with E-state index in [2.05, 4.69) is 10.6 Å². The zero-order valence-corrected chi connectivity index (χ0v) is 11.0. The topological polar surface area (TPSA) is 41.1 Å². The number of anilines is 1. The van der Waals surface area contributed by atoms with Crippen molar-refractivity contribution in [3.8, 4) is 0 Å². The Labute approximate surface area is 113 Å². The van der Waals surface area contributed by atoms with Crippen molar-refractivity contribution in [3.63, 3.8) is 0 Å². The molecule has 3 heteroatoms. The number of rotatable bonds is 5. The Kier molecular flexibility index (Phi) is 4.56. The second-order valence-electron chi connectivity index (χ2n) is 4.44. The molecular weight excluding hydrogens is 236 g/mol. The van der Waals surface area contributed by atoms with E-state index < -0.39 is 0 Å². The molecule has 98 valence electrons. The Balaban J connectivity index is 1.83. The quantitative estimate of drug-likeness (QED) is 0.861. The molecule has 0 aliphatic heterocycles. The fourth-order valence-electron chi connectivity index (χ4n) is 1.79. The second-order valence-corrected chi connectivity index (χ2v) is 4.44. The molecule has 0 heterocycles. The number of hydrogen-bond donors (Lipinski definition) is 2. The Hall–Kier alpha value is -2.29. The van der Waals surface area contributed by atoms with Crippen molar-refractivity contribution in [2.45, 2.75) is 19.5 Å². The van der Waals surface area contributed by atoms with Gasteiger partial charge in [-0.15, -0.1) is 0 Å². The van der Waals surface area contributed by atoms with Crippen LogP contribution in [0, 0.1) is 0 Å². The van der Waals surface area contributed by atoms with Gasteiger partial charge in [0.25, 0.3) is 0 Å². The van der Waals surface area contributed by atoms with E-state index in [9.17, 15) is 4.79 Å². The van der Waals surface area contributed by atoms with Crippen LogP contribution in [0.25, 0.3) is 0 Å². The lowest BCUT2D eigenvalue weighted by Gasteiger charge is -2.15. The molecule has 2 N–H and O–H groups in total. The predicted octanol–water partition coefficient (Wildman–Crippen LogP) is 2.80. The van der Waals surface area contributed by atoms with Crippen LogP contribution in [0.4, 0.5) is 5.69 Å². The Bertz CT molecular complexity index is 511. The molecule has 0 saturated carbocycles. The summed E-state index contributed by atoms with van der Waals surface area (Å²) in [4.78, 5) is 11.9. The predicted molar refractivity (Wildman–Crippen MR) is 77.8 cm³/mol. The molecule has 0 aliphatic rings. The lowest BCUT2D eigenvalue weighted by Crippen LogP contribution is -2.37. The molecule has 0 bridgehead atoms. The molecule has 2 aromatic rings. The van der Waals surface area contributed by atoms with Crippen LogP contribution < -0.4 is 10.6 Å². The fourth-order valence-corrected chi connectivity index (χ4v) is 1.79. The molecule has 1 amide bonds. The molecule has 0 radical (unpaired) electrons. The van der Waals surface area contributed by atoms with E-state index in [1.54, 1.807) is 0 Å². The zero-order valence-electron chi connectivity index (χ0n) is 11.0. The van der Waals surface area contributed by atoms with Crippen molar-refractivity contribution in [1.82, 2.24) is 5.32 Å². The van der Waals surface area contributed by atoms with Gasteiger partial charge in [0.2, 0.25) is 5.91 Å². The first kappa shape index (κ1) is 13.1. The van der Waals surface area contributed by atoms with Gasteiger partial charge in [-0.2, -0.15) is 0 Å². The van der Waals surface area contributed by atoms with Crippen LogP contribution in [0.3, 0.4) is 0 Å². The van der Waals surface area contributed by atoms with Crippen LogP contribution in [0.1, 0.15) is 12.5 Å². The molecule has 3 nitrogen and oxygen atoms in total. The zero-order chi connectivity index (χ0) is 13.5. The number of hydrogen-bond acceptors (Lipinski definition) is 2. The van der Waals surface area contributed by atoms with Crippen molar-refractivity contribution in [2.75, 3.05) is 5.32 Å². The van der Waals surface area contributed by atoms with Gasteiger partial charge in [-0.1, -0.05) is 48.5 Å². The summed E-state index contributed by atoms with van der Waals surface area (Å²) in [7, 11) is 0. The average Bonchev–Trinajstić information content (AvgIpc) is 2.47. The highest BCUT2D eigenvalue weighted by molar-refractivity contribution is 5.84. The molecule has 1 atom stereocenters. The SMILES string of the molecule is C[C@@H](Nc1ccccc1)C(=O)NCc1ccccc1. The number of nitrogens with one attached hydrogen (secondary N) is 2. The largest absolute Gasteiger partial charge is 0.374 e. The Morgan fingerprint density at radius 2 is 1.58 bits per heavy atom. The van der Waals surface area contributed by atoms with Gasteiger partial charge in [-0.05, 0) is 24.6 Å². The minimum absolute atomic E-state index is 0.00675. The third kappa shape index (κ3) is 4.14. The normalized spacial score (nSPS) is 11.6. The summed E-state index contributed by atoms with van der Waals surface area (Å²) >= 11 is 0. The van der Waals surface area contributed by atoms with Gasteiger partial charge in [-0.25, -0.2) is 0 Å². The molecule has 0 saturated heterocycles. The van der Waals surface area contributed by atoms with Gasteiger partial charge in [0.1, 0.15) is 6.04 Å². The lowest BCUT2D eigenvalue weighted by molar-refractivity contribution is -0.121. The summed E-state index contributed by atoms with van der Waals surface area (Å²) in [5.41, 5.74) is 2.05. The van der Waals surface area contributed by atoms with Crippen LogP contribution in [0.5, 0.6) is 0 Å². The monoisotopic (exact) mass is 254 g/mol. The highest BCUT2D eigenvalue weighted by Crippen LogP contribution is 2.07. The first-order chi connectivity index (χ1) is 9.25. The Morgan fingerprint density at radius 3 is 2.21 bits per heavy atom. The maximum atomic E-state index is 11.9. The van der Waals surface area contributed by atoms with E-state index in [4.69, 9.17) is 0 Å². The van der Waals surface area contributed by atoms with Gasteiger partial charge in [0, 0.05) is 12.2 Å². The summed E-state index contributed by atoms with van der Waals surface area (Å²) in [6.07, 6.45) is 0. The van der Waals surface area contributed by atoms with Crippen molar-refractivity contribution in [2.24, 2.45) is 0 Å². The highest BCUT2D eigenvalue weighted by atomic mass is 16.2. The van der Waals surface area contributed by atoms with Crippen LogP contribution in [-0.2, 0) is 11.3 Å². The standard InChI is InChI=1S/C16H18N2O/c1-13(18-15-10-6-3-7-11-15)16(19)17-12-14-8-4-2-5-9-14/h2-11,13,18H,12H2,1H3,(H,17,19)/t13-/m1/s1. The molecular formula is C16H18N2O. The van der Waals surface area contributed by atoms with Crippen molar-refractivity contribution < 1.29 is 4.79 Å². The first-order valence-electron chi connectivity index (χ1n) is 6.39. The van der Waals surface area contributed by atoms with Crippen LogP contribution in [0.2, 0.25) is 0 Å². The minimum atomic E-state index is -0.258. The maximum absolute atomic E-state index is 11.9. The molecule has 0 aliphatic carbocycles. The molecule has 0 spiro atoms. The van der Waals surface area contributed by atoms with Crippen molar-refractivity contribution >= 4 is 11.6 Å².